The van der Waals surface area contributed by atoms with Crippen LogP contribution in [0.5, 0.6) is 0 Å². The first kappa shape index (κ1) is 8.95. The maximum absolute atomic E-state index is 10.1. The van der Waals surface area contributed by atoms with E-state index < -0.39 is 6.10 Å². The van der Waals surface area contributed by atoms with Crippen molar-refractivity contribution >= 4 is 10.9 Å². The second kappa shape index (κ2) is 3.08. The quantitative estimate of drug-likeness (QED) is 0.606. The van der Waals surface area contributed by atoms with Crippen molar-refractivity contribution in [2.75, 3.05) is 0 Å². The van der Waals surface area contributed by atoms with Gasteiger partial charge in [0.2, 0.25) is 0 Å². The van der Waals surface area contributed by atoms with E-state index in [4.69, 9.17) is 5.73 Å². The Morgan fingerprint density at radius 2 is 2.27 bits per heavy atom. The van der Waals surface area contributed by atoms with E-state index in [-0.39, 0.29) is 6.04 Å². The minimum Gasteiger partial charge on any atom is -0.387 e. The van der Waals surface area contributed by atoms with E-state index in [2.05, 4.69) is 4.98 Å². The predicted octanol–water partition coefficient (Wildman–Crippen LogP) is 1.47. The lowest BCUT2D eigenvalue weighted by atomic mass is 10.0. The summed E-state index contributed by atoms with van der Waals surface area (Å²) in [5.41, 5.74) is 9.26. The lowest BCUT2D eigenvalue weighted by molar-refractivity contribution is 0.145. The van der Waals surface area contributed by atoms with Crippen molar-refractivity contribution in [2.24, 2.45) is 5.73 Å². The van der Waals surface area contributed by atoms with Crippen LogP contribution in [-0.4, -0.2) is 16.1 Å². The first-order chi connectivity index (χ1) is 7.27. The number of aliphatic hydroxyl groups excluding tert-OH is 1. The first-order valence-electron chi connectivity index (χ1n) is 5.30. The molecule has 2 aromatic rings. The lowest BCUT2D eigenvalue weighted by Gasteiger charge is -2.16. The number of rotatable bonds is 0. The van der Waals surface area contributed by atoms with Crippen molar-refractivity contribution in [3.05, 3.63) is 35.5 Å². The third-order valence-corrected chi connectivity index (χ3v) is 3.29. The molecular formula is C12H14N2O. The Morgan fingerprint density at radius 1 is 1.40 bits per heavy atom. The number of H-pyrrole nitrogens is 1. The summed E-state index contributed by atoms with van der Waals surface area (Å²) in [6, 6.07) is 5.81. The number of hydrogen-bond donors (Lipinski definition) is 3. The molecule has 3 rings (SSSR count). The fourth-order valence-corrected chi connectivity index (χ4v) is 2.44. The smallest absolute Gasteiger partial charge is 0.0947 e. The zero-order chi connectivity index (χ0) is 10.4. The molecule has 78 valence electrons. The van der Waals surface area contributed by atoms with Crippen LogP contribution < -0.4 is 5.73 Å². The molecule has 4 N–H and O–H groups in total. The highest BCUT2D eigenvalue weighted by molar-refractivity contribution is 5.87. The molecule has 0 fully saturated rings. The van der Waals surface area contributed by atoms with Crippen molar-refractivity contribution < 1.29 is 5.11 Å². The summed E-state index contributed by atoms with van der Waals surface area (Å²) >= 11 is 0. The summed E-state index contributed by atoms with van der Waals surface area (Å²) in [4.78, 5) is 3.23. The van der Waals surface area contributed by atoms with Crippen LogP contribution in [0, 0.1) is 0 Å². The topological polar surface area (TPSA) is 62.0 Å². The van der Waals surface area contributed by atoms with Crippen molar-refractivity contribution in [1.29, 1.82) is 0 Å². The van der Waals surface area contributed by atoms with Crippen molar-refractivity contribution in [3.8, 4) is 0 Å². The number of nitrogens with two attached hydrogens (primary N) is 1. The third kappa shape index (κ3) is 1.20. The van der Waals surface area contributed by atoms with E-state index in [9.17, 15) is 5.11 Å². The number of aromatic nitrogens is 1. The molecule has 2 atom stereocenters. The highest BCUT2D eigenvalue weighted by Gasteiger charge is 2.24. The van der Waals surface area contributed by atoms with Gasteiger partial charge in [0, 0.05) is 23.1 Å². The number of nitrogens with one attached hydrogen (secondary N) is 1. The normalized spacial score (nSPS) is 25.5. The summed E-state index contributed by atoms with van der Waals surface area (Å²) in [6.45, 7) is 0. The summed E-state index contributed by atoms with van der Waals surface area (Å²) in [6.07, 6.45) is 3.27. The summed E-state index contributed by atoms with van der Waals surface area (Å²) in [5.74, 6) is 0. The number of aliphatic hydroxyl groups is 1. The summed E-state index contributed by atoms with van der Waals surface area (Å²) in [5, 5.41) is 11.3. The zero-order valence-electron chi connectivity index (χ0n) is 8.40. The van der Waals surface area contributed by atoms with E-state index >= 15 is 0 Å². The SMILES string of the molecule is NC1CCc2c[nH]c3cccc(c23)C1O. The van der Waals surface area contributed by atoms with Gasteiger partial charge in [-0.2, -0.15) is 0 Å². The molecule has 3 heteroatoms. The van der Waals surface area contributed by atoms with Gasteiger partial charge in [-0.3, -0.25) is 0 Å². The molecule has 1 aromatic heterocycles. The fourth-order valence-electron chi connectivity index (χ4n) is 2.44. The number of hydrogen-bond acceptors (Lipinski definition) is 2. The van der Waals surface area contributed by atoms with Crippen LogP contribution in [0.2, 0.25) is 0 Å². The zero-order valence-corrected chi connectivity index (χ0v) is 8.40. The molecule has 2 unspecified atom stereocenters. The number of aromatic amines is 1. The van der Waals surface area contributed by atoms with E-state index in [0.717, 1.165) is 29.3 Å². The van der Waals surface area contributed by atoms with Crippen LogP contribution in [0.4, 0.5) is 0 Å². The maximum Gasteiger partial charge on any atom is 0.0947 e. The Bertz CT molecular complexity index is 503. The monoisotopic (exact) mass is 202 g/mol. The van der Waals surface area contributed by atoms with E-state index in [1.165, 1.54) is 5.56 Å². The molecule has 1 aromatic carbocycles. The predicted molar refractivity (Wildman–Crippen MR) is 59.6 cm³/mol. The average Bonchev–Trinajstić information content (AvgIpc) is 2.62. The Kier molecular flexibility index (Phi) is 1.84. The van der Waals surface area contributed by atoms with Gasteiger partial charge in [-0.25, -0.2) is 0 Å². The van der Waals surface area contributed by atoms with Crippen LogP contribution in [0.1, 0.15) is 23.7 Å². The molecular weight excluding hydrogens is 188 g/mol. The van der Waals surface area contributed by atoms with Crippen molar-refractivity contribution in [1.82, 2.24) is 4.98 Å². The van der Waals surface area contributed by atoms with Crippen LogP contribution in [0.25, 0.3) is 10.9 Å². The molecule has 0 bridgehead atoms. The largest absolute Gasteiger partial charge is 0.387 e. The molecule has 0 amide bonds. The molecule has 0 spiro atoms. The molecule has 3 nitrogen and oxygen atoms in total. The first-order valence-corrected chi connectivity index (χ1v) is 5.30. The van der Waals surface area contributed by atoms with E-state index in [1.807, 2.05) is 24.4 Å². The highest BCUT2D eigenvalue weighted by Crippen LogP contribution is 2.33. The third-order valence-electron chi connectivity index (χ3n) is 3.29. The summed E-state index contributed by atoms with van der Waals surface area (Å²) < 4.78 is 0. The van der Waals surface area contributed by atoms with Gasteiger partial charge in [0.1, 0.15) is 0 Å². The molecule has 0 aliphatic heterocycles. The van der Waals surface area contributed by atoms with Crippen LogP contribution in [0.3, 0.4) is 0 Å². The van der Waals surface area contributed by atoms with E-state index in [1.54, 1.807) is 0 Å². The molecule has 15 heavy (non-hydrogen) atoms. The van der Waals surface area contributed by atoms with Crippen LogP contribution in [0.15, 0.2) is 24.4 Å². The van der Waals surface area contributed by atoms with Crippen LogP contribution in [-0.2, 0) is 6.42 Å². The van der Waals surface area contributed by atoms with Gasteiger partial charge in [0.05, 0.1) is 6.10 Å². The van der Waals surface area contributed by atoms with Crippen molar-refractivity contribution in [3.63, 3.8) is 0 Å². The fraction of sp³-hybridized carbons (Fsp3) is 0.333. The van der Waals surface area contributed by atoms with Gasteiger partial charge in [-0.1, -0.05) is 12.1 Å². The molecule has 0 saturated heterocycles. The lowest BCUT2D eigenvalue weighted by Crippen LogP contribution is -2.27. The highest BCUT2D eigenvalue weighted by atomic mass is 16.3. The van der Waals surface area contributed by atoms with Gasteiger partial charge in [0.25, 0.3) is 0 Å². The number of benzene rings is 1. The Balaban J connectivity index is 2.33. The Labute approximate surface area is 87.9 Å². The molecule has 1 heterocycles. The van der Waals surface area contributed by atoms with Gasteiger partial charge < -0.3 is 15.8 Å². The minimum atomic E-state index is -0.536. The molecule has 1 aliphatic carbocycles. The molecule has 0 radical (unpaired) electrons. The van der Waals surface area contributed by atoms with Gasteiger partial charge in [-0.15, -0.1) is 0 Å². The minimum absolute atomic E-state index is 0.150. The maximum atomic E-state index is 10.1. The molecule has 1 aliphatic rings. The van der Waals surface area contributed by atoms with Gasteiger partial charge in [-0.05, 0) is 30.0 Å². The second-order valence-electron chi connectivity index (χ2n) is 4.23. The van der Waals surface area contributed by atoms with Gasteiger partial charge in [0.15, 0.2) is 0 Å². The molecule has 0 saturated carbocycles. The Morgan fingerprint density at radius 3 is 3.13 bits per heavy atom. The van der Waals surface area contributed by atoms with E-state index in [0.29, 0.717) is 0 Å². The van der Waals surface area contributed by atoms with Gasteiger partial charge >= 0.3 is 0 Å². The van der Waals surface area contributed by atoms with Crippen LogP contribution >= 0.6 is 0 Å². The summed E-state index contributed by atoms with van der Waals surface area (Å²) in [7, 11) is 0. The average molecular weight is 202 g/mol. The Hall–Kier alpha value is -1.32. The van der Waals surface area contributed by atoms with Crippen molar-refractivity contribution in [2.45, 2.75) is 25.0 Å². The number of aryl methyl sites for hydroxylation is 1. The standard InChI is InChI=1S/C12H14N2O/c13-9-5-4-7-6-14-10-3-1-2-8(11(7)10)12(9)15/h1-3,6,9,12,14-15H,4-5,13H2. The second-order valence-corrected chi connectivity index (χ2v) is 4.23.